The third kappa shape index (κ3) is 3.02. The first-order chi connectivity index (χ1) is 7.75. The van der Waals surface area contributed by atoms with Crippen molar-refractivity contribution in [3.8, 4) is 0 Å². The summed E-state index contributed by atoms with van der Waals surface area (Å²) in [6.45, 7) is 0.447. The second-order valence-corrected chi connectivity index (χ2v) is 4.95. The summed E-state index contributed by atoms with van der Waals surface area (Å²) in [4.78, 5) is 14.6. The number of carboxylic acids is 1. The number of carboxylic acid groups (broad SMARTS) is 1. The van der Waals surface area contributed by atoms with Crippen LogP contribution in [0.5, 0.6) is 0 Å². The van der Waals surface area contributed by atoms with E-state index in [0.717, 1.165) is 17.8 Å². The highest BCUT2D eigenvalue weighted by molar-refractivity contribution is 7.09. The average Bonchev–Trinajstić information content (AvgIpc) is 2.76. The molecule has 0 spiro atoms. The van der Waals surface area contributed by atoms with E-state index in [1.807, 2.05) is 0 Å². The quantitative estimate of drug-likeness (QED) is 0.880. The number of thiazole rings is 1. The molecule has 2 rings (SSSR count). The summed E-state index contributed by atoms with van der Waals surface area (Å²) < 4.78 is 5.72. The van der Waals surface area contributed by atoms with Gasteiger partial charge < -0.3 is 9.84 Å². The molecule has 1 aliphatic carbocycles. The van der Waals surface area contributed by atoms with Gasteiger partial charge in [0.1, 0.15) is 5.01 Å². The van der Waals surface area contributed by atoms with Crippen LogP contribution in [0.1, 0.15) is 47.6 Å². The Bertz CT molecular complexity index is 358. The van der Waals surface area contributed by atoms with Crippen LogP contribution in [0.25, 0.3) is 0 Å². The molecule has 1 saturated carbocycles. The fourth-order valence-corrected chi connectivity index (χ4v) is 2.58. The molecule has 0 aromatic carbocycles. The molecular formula is C11H15NO3S. The molecule has 1 fully saturated rings. The molecule has 5 heteroatoms. The molecule has 0 saturated heterocycles. The number of hydrogen-bond donors (Lipinski definition) is 1. The van der Waals surface area contributed by atoms with Crippen molar-refractivity contribution in [2.45, 2.75) is 44.8 Å². The first-order valence-electron chi connectivity index (χ1n) is 5.55. The number of aromatic nitrogens is 1. The predicted molar refractivity (Wildman–Crippen MR) is 60.7 cm³/mol. The molecular weight excluding hydrogens is 226 g/mol. The highest BCUT2D eigenvalue weighted by Gasteiger charge is 2.15. The Labute approximate surface area is 98.3 Å². The second-order valence-electron chi connectivity index (χ2n) is 4.00. The summed E-state index contributed by atoms with van der Waals surface area (Å²) >= 11 is 1.35. The molecule has 1 aromatic heterocycles. The van der Waals surface area contributed by atoms with Crippen LogP contribution in [0, 0.1) is 0 Å². The van der Waals surface area contributed by atoms with Crippen LogP contribution in [0.15, 0.2) is 5.38 Å². The summed E-state index contributed by atoms with van der Waals surface area (Å²) in [5, 5.41) is 11.0. The van der Waals surface area contributed by atoms with Gasteiger partial charge >= 0.3 is 5.97 Å². The molecule has 0 radical (unpaired) electrons. The summed E-state index contributed by atoms with van der Waals surface area (Å²) in [6, 6.07) is 0. The third-order valence-electron chi connectivity index (χ3n) is 2.77. The average molecular weight is 241 g/mol. The van der Waals surface area contributed by atoms with Crippen molar-refractivity contribution >= 4 is 17.3 Å². The molecule has 1 N–H and O–H groups in total. The lowest BCUT2D eigenvalue weighted by atomic mass is 9.98. The predicted octanol–water partition coefficient (Wildman–Crippen LogP) is 2.69. The maximum Gasteiger partial charge on any atom is 0.355 e. The van der Waals surface area contributed by atoms with Crippen molar-refractivity contribution in [3.05, 3.63) is 16.1 Å². The van der Waals surface area contributed by atoms with Crippen molar-refractivity contribution in [3.63, 3.8) is 0 Å². The van der Waals surface area contributed by atoms with Crippen LogP contribution in [-0.2, 0) is 11.3 Å². The zero-order valence-corrected chi connectivity index (χ0v) is 9.83. The lowest BCUT2D eigenvalue weighted by molar-refractivity contribution is 0.0167. The van der Waals surface area contributed by atoms with Crippen LogP contribution in [0.2, 0.25) is 0 Å². The Morgan fingerprint density at radius 3 is 2.88 bits per heavy atom. The molecule has 0 unspecified atom stereocenters. The molecule has 0 atom stereocenters. The Balaban J connectivity index is 1.81. The second kappa shape index (κ2) is 5.41. The molecule has 4 nitrogen and oxygen atoms in total. The van der Waals surface area contributed by atoms with Gasteiger partial charge in [-0.15, -0.1) is 11.3 Å². The van der Waals surface area contributed by atoms with Gasteiger partial charge in [0.2, 0.25) is 0 Å². The Morgan fingerprint density at radius 1 is 1.50 bits per heavy atom. The highest BCUT2D eigenvalue weighted by Crippen LogP contribution is 2.22. The van der Waals surface area contributed by atoms with E-state index in [4.69, 9.17) is 9.84 Å². The highest BCUT2D eigenvalue weighted by atomic mass is 32.1. The van der Waals surface area contributed by atoms with E-state index in [-0.39, 0.29) is 5.69 Å². The fraction of sp³-hybridized carbons (Fsp3) is 0.636. The maximum atomic E-state index is 10.6. The molecule has 0 bridgehead atoms. The van der Waals surface area contributed by atoms with E-state index < -0.39 is 5.97 Å². The van der Waals surface area contributed by atoms with Gasteiger partial charge in [0.15, 0.2) is 5.69 Å². The maximum absolute atomic E-state index is 10.6. The number of carbonyl (C=O) groups is 1. The lowest BCUT2D eigenvalue weighted by Crippen LogP contribution is -2.16. The standard InChI is InChI=1S/C11H15NO3S/c13-11(14)9-7-16-10(12-9)6-15-8-4-2-1-3-5-8/h7-8H,1-6H2,(H,13,14). The summed E-state index contributed by atoms with van der Waals surface area (Å²) in [5.41, 5.74) is 0.118. The minimum absolute atomic E-state index is 0.118. The largest absolute Gasteiger partial charge is 0.476 e. The van der Waals surface area contributed by atoms with Gasteiger partial charge in [-0.2, -0.15) is 0 Å². The molecule has 1 aromatic rings. The lowest BCUT2D eigenvalue weighted by Gasteiger charge is -2.21. The van der Waals surface area contributed by atoms with Crippen LogP contribution in [0.4, 0.5) is 0 Å². The van der Waals surface area contributed by atoms with Crippen molar-refractivity contribution in [2.24, 2.45) is 0 Å². The number of nitrogens with zero attached hydrogens (tertiary/aromatic N) is 1. The minimum Gasteiger partial charge on any atom is -0.476 e. The van der Waals surface area contributed by atoms with Gasteiger partial charge in [-0.25, -0.2) is 9.78 Å². The first-order valence-corrected chi connectivity index (χ1v) is 6.43. The van der Waals surface area contributed by atoms with Gasteiger partial charge in [-0.3, -0.25) is 0 Å². The van der Waals surface area contributed by atoms with Crippen LogP contribution < -0.4 is 0 Å². The van der Waals surface area contributed by atoms with Crippen molar-refractivity contribution < 1.29 is 14.6 Å². The van der Waals surface area contributed by atoms with E-state index >= 15 is 0 Å². The minimum atomic E-state index is -0.972. The molecule has 1 heterocycles. The van der Waals surface area contributed by atoms with E-state index in [0.29, 0.717) is 12.7 Å². The number of ether oxygens (including phenoxy) is 1. The summed E-state index contributed by atoms with van der Waals surface area (Å²) in [5.74, 6) is -0.972. The van der Waals surface area contributed by atoms with Gasteiger partial charge in [0.25, 0.3) is 0 Å². The molecule has 88 valence electrons. The zero-order valence-electron chi connectivity index (χ0n) is 9.02. The van der Waals surface area contributed by atoms with Crippen LogP contribution in [-0.4, -0.2) is 22.2 Å². The van der Waals surface area contributed by atoms with E-state index in [1.54, 1.807) is 5.38 Å². The molecule has 0 amide bonds. The Morgan fingerprint density at radius 2 is 2.25 bits per heavy atom. The van der Waals surface area contributed by atoms with E-state index in [9.17, 15) is 4.79 Å². The van der Waals surface area contributed by atoms with E-state index in [1.165, 1.54) is 30.6 Å². The Hall–Kier alpha value is -0.940. The van der Waals surface area contributed by atoms with Crippen molar-refractivity contribution in [1.82, 2.24) is 4.98 Å². The monoisotopic (exact) mass is 241 g/mol. The normalized spacial score (nSPS) is 17.5. The van der Waals surface area contributed by atoms with Gasteiger partial charge in [-0.05, 0) is 12.8 Å². The number of aromatic carboxylic acids is 1. The van der Waals surface area contributed by atoms with Crippen LogP contribution >= 0.6 is 11.3 Å². The van der Waals surface area contributed by atoms with E-state index in [2.05, 4.69) is 4.98 Å². The first kappa shape index (κ1) is 11.5. The zero-order chi connectivity index (χ0) is 11.4. The molecule has 1 aliphatic rings. The molecule has 0 aliphatic heterocycles. The van der Waals surface area contributed by atoms with Gasteiger partial charge in [0, 0.05) is 5.38 Å². The number of rotatable bonds is 4. The molecule has 16 heavy (non-hydrogen) atoms. The number of hydrogen-bond acceptors (Lipinski definition) is 4. The van der Waals surface area contributed by atoms with Crippen molar-refractivity contribution in [1.29, 1.82) is 0 Å². The van der Waals surface area contributed by atoms with Gasteiger partial charge in [0.05, 0.1) is 12.7 Å². The topological polar surface area (TPSA) is 59.4 Å². The summed E-state index contributed by atoms with van der Waals surface area (Å²) in [7, 11) is 0. The summed E-state index contributed by atoms with van der Waals surface area (Å²) in [6.07, 6.45) is 6.37. The van der Waals surface area contributed by atoms with Crippen LogP contribution in [0.3, 0.4) is 0 Å². The third-order valence-corrected chi connectivity index (χ3v) is 3.59. The van der Waals surface area contributed by atoms with Crippen molar-refractivity contribution in [2.75, 3.05) is 0 Å². The SMILES string of the molecule is O=C(O)c1csc(COC2CCCCC2)n1. The fourth-order valence-electron chi connectivity index (χ4n) is 1.90. The van der Waals surface area contributed by atoms with Gasteiger partial charge in [-0.1, -0.05) is 19.3 Å². The Kier molecular flexibility index (Phi) is 3.90. The smallest absolute Gasteiger partial charge is 0.355 e.